The largest absolute Gasteiger partial charge is 0.333 e. The standard InChI is InChI=1S/C18H24FNO/c1-2-13-6-8-16(9-7-13)20(17-10-11-17)18(21)14-4-3-5-15(19)12-14/h3-5,12-13,16-17H,2,6-11H2,1H3. The summed E-state index contributed by atoms with van der Waals surface area (Å²) in [6.07, 6.45) is 8.12. The van der Waals surface area contributed by atoms with Gasteiger partial charge in [0.05, 0.1) is 0 Å². The number of benzene rings is 1. The summed E-state index contributed by atoms with van der Waals surface area (Å²) in [6.45, 7) is 2.25. The van der Waals surface area contributed by atoms with E-state index < -0.39 is 0 Å². The van der Waals surface area contributed by atoms with E-state index in [-0.39, 0.29) is 11.7 Å². The van der Waals surface area contributed by atoms with Crippen molar-refractivity contribution in [3.05, 3.63) is 35.6 Å². The molecule has 0 atom stereocenters. The number of carbonyl (C=O) groups excluding carboxylic acids is 1. The summed E-state index contributed by atoms with van der Waals surface area (Å²) in [4.78, 5) is 14.9. The number of hydrogen-bond donors (Lipinski definition) is 0. The number of hydrogen-bond acceptors (Lipinski definition) is 1. The molecule has 1 aromatic rings. The van der Waals surface area contributed by atoms with Crippen LogP contribution in [0.5, 0.6) is 0 Å². The molecule has 2 aliphatic rings. The summed E-state index contributed by atoms with van der Waals surface area (Å²) in [5.41, 5.74) is 0.500. The fraction of sp³-hybridized carbons (Fsp3) is 0.611. The molecule has 21 heavy (non-hydrogen) atoms. The second-order valence-electron chi connectivity index (χ2n) is 6.54. The van der Waals surface area contributed by atoms with Gasteiger partial charge in [-0.05, 0) is 62.6 Å². The highest BCUT2D eigenvalue weighted by Gasteiger charge is 2.38. The first-order valence-corrected chi connectivity index (χ1v) is 8.27. The van der Waals surface area contributed by atoms with E-state index in [4.69, 9.17) is 0 Å². The first-order chi connectivity index (χ1) is 10.2. The second-order valence-corrected chi connectivity index (χ2v) is 6.54. The number of carbonyl (C=O) groups is 1. The van der Waals surface area contributed by atoms with E-state index in [9.17, 15) is 9.18 Å². The van der Waals surface area contributed by atoms with Crippen molar-refractivity contribution < 1.29 is 9.18 Å². The molecule has 2 saturated carbocycles. The zero-order valence-electron chi connectivity index (χ0n) is 12.7. The van der Waals surface area contributed by atoms with E-state index in [1.54, 1.807) is 12.1 Å². The van der Waals surface area contributed by atoms with E-state index in [1.165, 1.54) is 31.4 Å². The smallest absolute Gasteiger partial charge is 0.254 e. The van der Waals surface area contributed by atoms with Gasteiger partial charge >= 0.3 is 0 Å². The highest BCUT2D eigenvalue weighted by Crippen LogP contribution is 2.37. The summed E-state index contributed by atoms with van der Waals surface area (Å²) in [6, 6.07) is 6.88. The van der Waals surface area contributed by atoms with Gasteiger partial charge in [-0.1, -0.05) is 19.4 Å². The maximum atomic E-state index is 13.4. The van der Waals surface area contributed by atoms with Crippen LogP contribution in [0.1, 0.15) is 62.2 Å². The Bertz CT molecular complexity index is 504. The molecule has 0 aromatic heterocycles. The van der Waals surface area contributed by atoms with Crippen molar-refractivity contribution in [3.8, 4) is 0 Å². The van der Waals surface area contributed by atoms with Crippen molar-refractivity contribution in [1.82, 2.24) is 4.90 Å². The van der Waals surface area contributed by atoms with Crippen LogP contribution in [0.25, 0.3) is 0 Å². The highest BCUT2D eigenvalue weighted by atomic mass is 19.1. The molecule has 0 N–H and O–H groups in total. The quantitative estimate of drug-likeness (QED) is 0.804. The third-order valence-electron chi connectivity index (χ3n) is 5.03. The van der Waals surface area contributed by atoms with Crippen LogP contribution in [0, 0.1) is 11.7 Å². The lowest BCUT2D eigenvalue weighted by Crippen LogP contribution is -2.43. The van der Waals surface area contributed by atoms with Gasteiger partial charge in [0, 0.05) is 17.6 Å². The molecule has 2 fully saturated rings. The molecule has 0 heterocycles. The Kier molecular flexibility index (Phi) is 4.27. The number of nitrogens with zero attached hydrogens (tertiary/aromatic N) is 1. The number of amides is 1. The average Bonchev–Trinajstić information content (AvgIpc) is 3.33. The van der Waals surface area contributed by atoms with Crippen molar-refractivity contribution in [3.63, 3.8) is 0 Å². The van der Waals surface area contributed by atoms with Crippen molar-refractivity contribution in [2.75, 3.05) is 0 Å². The van der Waals surface area contributed by atoms with E-state index in [1.807, 2.05) is 0 Å². The minimum absolute atomic E-state index is 0.0250. The average molecular weight is 289 g/mol. The van der Waals surface area contributed by atoms with Crippen LogP contribution in [0.4, 0.5) is 4.39 Å². The lowest BCUT2D eigenvalue weighted by molar-refractivity contribution is 0.0586. The summed E-state index contributed by atoms with van der Waals surface area (Å²) in [5, 5.41) is 0. The Morgan fingerprint density at radius 2 is 1.76 bits per heavy atom. The fourth-order valence-electron chi connectivity index (χ4n) is 3.58. The Hall–Kier alpha value is -1.38. The summed E-state index contributed by atoms with van der Waals surface area (Å²) in [7, 11) is 0. The predicted octanol–water partition coefficient (Wildman–Crippen LogP) is 4.40. The monoisotopic (exact) mass is 289 g/mol. The molecule has 2 aliphatic carbocycles. The molecular formula is C18H24FNO. The molecule has 0 saturated heterocycles. The van der Waals surface area contributed by atoms with Crippen LogP contribution in [-0.2, 0) is 0 Å². The molecule has 0 bridgehead atoms. The molecule has 0 unspecified atom stereocenters. The minimum atomic E-state index is -0.328. The Morgan fingerprint density at radius 1 is 1.14 bits per heavy atom. The van der Waals surface area contributed by atoms with Crippen molar-refractivity contribution >= 4 is 5.91 Å². The van der Waals surface area contributed by atoms with Crippen LogP contribution >= 0.6 is 0 Å². The fourth-order valence-corrected chi connectivity index (χ4v) is 3.58. The number of halogens is 1. The Labute approximate surface area is 126 Å². The maximum Gasteiger partial charge on any atom is 0.254 e. The molecule has 3 heteroatoms. The van der Waals surface area contributed by atoms with Crippen LogP contribution in [0.3, 0.4) is 0 Å². The van der Waals surface area contributed by atoms with Gasteiger partial charge in [0.2, 0.25) is 0 Å². The van der Waals surface area contributed by atoms with Gasteiger partial charge < -0.3 is 4.90 Å². The summed E-state index contributed by atoms with van der Waals surface area (Å²) in [5.74, 6) is 0.523. The van der Waals surface area contributed by atoms with Gasteiger partial charge in [-0.25, -0.2) is 4.39 Å². The van der Waals surface area contributed by atoms with E-state index in [0.717, 1.165) is 31.6 Å². The Balaban J connectivity index is 1.74. The molecular weight excluding hydrogens is 265 g/mol. The lowest BCUT2D eigenvalue weighted by atomic mass is 9.83. The van der Waals surface area contributed by atoms with Gasteiger partial charge in [-0.2, -0.15) is 0 Å². The van der Waals surface area contributed by atoms with E-state index in [2.05, 4.69) is 11.8 Å². The van der Waals surface area contributed by atoms with Crippen LogP contribution < -0.4 is 0 Å². The molecule has 2 nitrogen and oxygen atoms in total. The highest BCUT2D eigenvalue weighted by molar-refractivity contribution is 5.94. The van der Waals surface area contributed by atoms with E-state index >= 15 is 0 Å². The van der Waals surface area contributed by atoms with Gasteiger partial charge in [-0.3, -0.25) is 4.79 Å². The van der Waals surface area contributed by atoms with Crippen LogP contribution in [-0.4, -0.2) is 22.9 Å². The van der Waals surface area contributed by atoms with Gasteiger partial charge in [-0.15, -0.1) is 0 Å². The van der Waals surface area contributed by atoms with Crippen molar-refractivity contribution in [2.24, 2.45) is 5.92 Å². The van der Waals surface area contributed by atoms with Crippen LogP contribution in [0.15, 0.2) is 24.3 Å². The molecule has 1 aromatic carbocycles. The zero-order chi connectivity index (χ0) is 14.8. The minimum Gasteiger partial charge on any atom is -0.333 e. The summed E-state index contributed by atoms with van der Waals surface area (Å²) >= 11 is 0. The van der Waals surface area contributed by atoms with Crippen molar-refractivity contribution in [2.45, 2.75) is 64.0 Å². The Morgan fingerprint density at radius 3 is 2.29 bits per heavy atom. The van der Waals surface area contributed by atoms with Gasteiger partial charge in [0.1, 0.15) is 5.82 Å². The van der Waals surface area contributed by atoms with Gasteiger partial charge in [0.15, 0.2) is 0 Å². The molecule has 0 spiro atoms. The molecule has 3 rings (SSSR count). The number of rotatable bonds is 4. The second kappa shape index (κ2) is 6.17. The van der Waals surface area contributed by atoms with Gasteiger partial charge in [0.25, 0.3) is 5.91 Å². The first kappa shape index (κ1) is 14.6. The summed E-state index contributed by atoms with van der Waals surface area (Å²) < 4.78 is 13.4. The molecule has 114 valence electrons. The van der Waals surface area contributed by atoms with E-state index in [0.29, 0.717) is 17.6 Å². The lowest BCUT2D eigenvalue weighted by Gasteiger charge is -2.37. The maximum absolute atomic E-state index is 13.4. The first-order valence-electron chi connectivity index (χ1n) is 8.27. The molecule has 0 aliphatic heterocycles. The topological polar surface area (TPSA) is 20.3 Å². The molecule has 1 amide bonds. The third kappa shape index (κ3) is 3.28. The van der Waals surface area contributed by atoms with Crippen molar-refractivity contribution in [1.29, 1.82) is 0 Å². The normalized spacial score (nSPS) is 25.6. The molecule has 0 radical (unpaired) electrons. The third-order valence-corrected chi connectivity index (χ3v) is 5.03. The zero-order valence-corrected chi connectivity index (χ0v) is 12.7. The predicted molar refractivity (Wildman–Crippen MR) is 81.6 cm³/mol. The van der Waals surface area contributed by atoms with Crippen LogP contribution in [0.2, 0.25) is 0 Å². The SMILES string of the molecule is CCC1CCC(N(C(=O)c2cccc(F)c2)C2CC2)CC1.